The number of carbonyl (C=O) groups excluding carboxylic acids is 1. The van der Waals surface area contributed by atoms with Crippen LogP contribution in [0.2, 0.25) is 5.15 Å². The third-order valence-corrected chi connectivity index (χ3v) is 5.00. The second-order valence-corrected chi connectivity index (χ2v) is 6.45. The summed E-state index contributed by atoms with van der Waals surface area (Å²) in [6, 6.07) is 9.64. The van der Waals surface area contributed by atoms with Gasteiger partial charge in [0.05, 0.1) is 6.61 Å². The molecule has 1 atom stereocenters. The zero-order chi connectivity index (χ0) is 17.1. The van der Waals surface area contributed by atoms with E-state index in [4.69, 9.17) is 11.6 Å². The molecule has 1 aromatic carbocycles. The number of benzene rings is 1. The number of hydrogen-bond acceptors (Lipinski definition) is 4. The van der Waals surface area contributed by atoms with Crippen LogP contribution in [0.4, 0.5) is 0 Å². The summed E-state index contributed by atoms with van der Waals surface area (Å²) >= 11 is 6.23. The first-order valence-electron chi connectivity index (χ1n) is 8.33. The molecule has 1 aliphatic rings. The van der Waals surface area contributed by atoms with Crippen molar-refractivity contribution in [3.8, 4) is 0 Å². The van der Waals surface area contributed by atoms with Gasteiger partial charge in [0.1, 0.15) is 10.8 Å². The first-order valence-corrected chi connectivity index (χ1v) is 8.71. The fourth-order valence-electron chi connectivity index (χ4n) is 3.22. The van der Waals surface area contributed by atoms with Crippen molar-refractivity contribution in [1.29, 1.82) is 0 Å². The molecule has 0 aliphatic carbocycles. The van der Waals surface area contributed by atoms with Crippen LogP contribution in [0.3, 0.4) is 0 Å². The lowest BCUT2D eigenvalue weighted by Gasteiger charge is -2.38. The molecule has 1 amide bonds. The highest BCUT2D eigenvalue weighted by atomic mass is 35.5. The summed E-state index contributed by atoms with van der Waals surface area (Å²) in [4.78, 5) is 21.1. The van der Waals surface area contributed by atoms with Crippen molar-refractivity contribution in [2.24, 2.45) is 0 Å². The normalized spacial score (nSPS) is 17.2. The first kappa shape index (κ1) is 17.1. The van der Waals surface area contributed by atoms with Crippen LogP contribution < -0.4 is 0 Å². The second-order valence-electron chi connectivity index (χ2n) is 6.09. The lowest BCUT2D eigenvalue weighted by atomic mass is 10.1. The standard InChI is InChI=1S/C18H22ClN3O2/c1-2-14(12-23)21-7-9-22(10-8-21)18(24)16-11-13-5-3-4-6-15(13)17(19)20-16/h3-6,11,14,23H,2,7-10,12H2,1H3. The second kappa shape index (κ2) is 7.47. The van der Waals surface area contributed by atoms with Crippen molar-refractivity contribution in [3.63, 3.8) is 0 Å². The van der Waals surface area contributed by atoms with E-state index in [-0.39, 0.29) is 18.6 Å². The Morgan fingerprint density at radius 3 is 2.67 bits per heavy atom. The summed E-state index contributed by atoms with van der Waals surface area (Å²) < 4.78 is 0. The van der Waals surface area contributed by atoms with E-state index in [1.807, 2.05) is 29.2 Å². The van der Waals surface area contributed by atoms with Gasteiger partial charge in [-0.2, -0.15) is 0 Å². The maximum Gasteiger partial charge on any atom is 0.272 e. The van der Waals surface area contributed by atoms with Crippen molar-refractivity contribution < 1.29 is 9.90 Å². The summed E-state index contributed by atoms with van der Waals surface area (Å²) in [7, 11) is 0. The number of aromatic nitrogens is 1. The molecule has 3 rings (SSSR count). The van der Waals surface area contributed by atoms with E-state index in [0.29, 0.717) is 23.9 Å². The van der Waals surface area contributed by atoms with E-state index in [0.717, 1.165) is 30.3 Å². The van der Waals surface area contributed by atoms with Gasteiger partial charge in [0.25, 0.3) is 5.91 Å². The van der Waals surface area contributed by atoms with Crippen LogP contribution in [0.1, 0.15) is 23.8 Å². The van der Waals surface area contributed by atoms with E-state index in [9.17, 15) is 9.90 Å². The Labute approximate surface area is 146 Å². The van der Waals surface area contributed by atoms with Crippen molar-refractivity contribution in [2.75, 3.05) is 32.8 Å². The van der Waals surface area contributed by atoms with Crippen molar-refractivity contribution in [1.82, 2.24) is 14.8 Å². The van der Waals surface area contributed by atoms with Crippen LogP contribution in [-0.2, 0) is 0 Å². The number of rotatable bonds is 4. The zero-order valence-electron chi connectivity index (χ0n) is 13.8. The molecule has 6 heteroatoms. The lowest BCUT2D eigenvalue weighted by Crippen LogP contribution is -2.52. The van der Waals surface area contributed by atoms with Crippen LogP contribution >= 0.6 is 11.6 Å². The predicted molar refractivity (Wildman–Crippen MR) is 95.4 cm³/mol. The van der Waals surface area contributed by atoms with Gasteiger partial charge in [-0.3, -0.25) is 9.69 Å². The number of halogens is 1. The molecule has 2 aromatic rings. The fourth-order valence-corrected chi connectivity index (χ4v) is 3.48. The minimum atomic E-state index is -0.0839. The fraction of sp³-hybridized carbons (Fsp3) is 0.444. The molecule has 1 saturated heterocycles. The summed E-state index contributed by atoms with van der Waals surface area (Å²) in [6.07, 6.45) is 0.909. The number of piperazine rings is 1. The Kier molecular flexibility index (Phi) is 5.33. The number of amides is 1. The summed E-state index contributed by atoms with van der Waals surface area (Å²) in [5.74, 6) is -0.0839. The average molecular weight is 348 g/mol. The Balaban J connectivity index is 1.74. The lowest BCUT2D eigenvalue weighted by molar-refractivity contribution is 0.0468. The van der Waals surface area contributed by atoms with Gasteiger partial charge in [-0.25, -0.2) is 4.98 Å². The maximum atomic E-state index is 12.7. The molecule has 1 aliphatic heterocycles. The molecule has 24 heavy (non-hydrogen) atoms. The Morgan fingerprint density at radius 1 is 1.29 bits per heavy atom. The van der Waals surface area contributed by atoms with Crippen LogP contribution in [0, 0.1) is 0 Å². The van der Waals surface area contributed by atoms with Crippen LogP contribution in [0.25, 0.3) is 10.8 Å². The highest BCUT2D eigenvalue weighted by Gasteiger charge is 2.26. The number of pyridine rings is 1. The van der Waals surface area contributed by atoms with E-state index in [1.165, 1.54) is 0 Å². The van der Waals surface area contributed by atoms with E-state index in [1.54, 1.807) is 6.07 Å². The van der Waals surface area contributed by atoms with Crippen molar-refractivity contribution in [2.45, 2.75) is 19.4 Å². The zero-order valence-corrected chi connectivity index (χ0v) is 14.5. The third kappa shape index (κ3) is 3.38. The van der Waals surface area contributed by atoms with Crippen molar-refractivity contribution in [3.05, 3.63) is 41.2 Å². The minimum Gasteiger partial charge on any atom is -0.395 e. The quantitative estimate of drug-likeness (QED) is 0.863. The molecule has 0 bridgehead atoms. The Bertz CT molecular complexity index is 725. The van der Waals surface area contributed by atoms with Gasteiger partial charge in [0.15, 0.2) is 0 Å². The predicted octanol–water partition coefficient (Wildman–Crippen LogP) is 2.42. The molecule has 1 fully saturated rings. The highest BCUT2D eigenvalue weighted by Crippen LogP contribution is 2.23. The van der Waals surface area contributed by atoms with Gasteiger partial charge in [0.2, 0.25) is 0 Å². The summed E-state index contributed by atoms with van der Waals surface area (Å²) in [5.41, 5.74) is 0.390. The number of nitrogens with zero attached hydrogens (tertiary/aromatic N) is 3. The van der Waals surface area contributed by atoms with E-state index >= 15 is 0 Å². The summed E-state index contributed by atoms with van der Waals surface area (Å²) in [6.45, 7) is 5.05. The molecular weight excluding hydrogens is 326 g/mol. The minimum absolute atomic E-state index is 0.0839. The van der Waals surface area contributed by atoms with E-state index in [2.05, 4.69) is 16.8 Å². The maximum absolute atomic E-state index is 12.7. The summed E-state index contributed by atoms with van der Waals surface area (Å²) in [5, 5.41) is 11.6. The smallest absolute Gasteiger partial charge is 0.272 e. The topological polar surface area (TPSA) is 56.7 Å². The average Bonchev–Trinajstić information content (AvgIpc) is 2.63. The van der Waals surface area contributed by atoms with E-state index < -0.39 is 0 Å². The molecule has 5 nitrogen and oxygen atoms in total. The largest absolute Gasteiger partial charge is 0.395 e. The Morgan fingerprint density at radius 2 is 2.00 bits per heavy atom. The number of aliphatic hydroxyl groups is 1. The van der Waals surface area contributed by atoms with Gasteiger partial charge in [-0.1, -0.05) is 42.8 Å². The van der Waals surface area contributed by atoms with Crippen LogP contribution in [0.15, 0.2) is 30.3 Å². The highest BCUT2D eigenvalue weighted by molar-refractivity contribution is 6.34. The number of hydrogen-bond donors (Lipinski definition) is 1. The molecule has 0 radical (unpaired) electrons. The third-order valence-electron chi connectivity index (χ3n) is 4.71. The molecule has 1 N–H and O–H groups in total. The monoisotopic (exact) mass is 347 g/mol. The number of fused-ring (bicyclic) bond motifs is 1. The molecule has 0 spiro atoms. The van der Waals surface area contributed by atoms with Gasteiger partial charge in [0, 0.05) is 37.6 Å². The van der Waals surface area contributed by atoms with Crippen molar-refractivity contribution >= 4 is 28.3 Å². The van der Waals surface area contributed by atoms with Gasteiger partial charge in [-0.05, 0) is 17.9 Å². The molecule has 1 aromatic heterocycles. The van der Waals surface area contributed by atoms with Crippen LogP contribution in [0.5, 0.6) is 0 Å². The Hall–Kier alpha value is -1.69. The molecular formula is C18H22ClN3O2. The molecule has 0 saturated carbocycles. The SMILES string of the molecule is CCC(CO)N1CCN(C(=O)c2cc3ccccc3c(Cl)n2)CC1. The molecule has 1 unspecified atom stereocenters. The van der Waals surface area contributed by atoms with Crippen LogP contribution in [-0.4, -0.2) is 64.6 Å². The van der Waals surface area contributed by atoms with Gasteiger partial charge < -0.3 is 10.0 Å². The number of aliphatic hydroxyl groups excluding tert-OH is 1. The molecule has 128 valence electrons. The number of carbonyl (C=O) groups is 1. The van der Waals surface area contributed by atoms with Gasteiger partial charge >= 0.3 is 0 Å². The first-order chi connectivity index (χ1) is 11.6. The van der Waals surface area contributed by atoms with Gasteiger partial charge in [-0.15, -0.1) is 0 Å². The molecule has 2 heterocycles.